The zero-order chi connectivity index (χ0) is 26.0. The molecule has 4 rings (SSSR count). The van der Waals surface area contributed by atoms with E-state index in [1.807, 2.05) is 13.0 Å². The number of amides is 2. The summed E-state index contributed by atoms with van der Waals surface area (Å²) in [6.45, 7) is 1.82. The van der Waals surface area contributed by atoms with E-state index in [9.17, 15) is 24.7 Å². The fourth-order valence-corrected chi connectivity index (χ4v) is 7.67. The number of nitrogens with zero attached hydrogens (tertiary/aromatic N) is 5. The molecule has 17 heteroatoms. The molecule has 0 radical (unpaired) electrons. The van der Waals surface area contributed by atoms with Crippen LogP contribution in [0.15, 0.2) is 28.4 Å². The Kier molecular flexibility index (Phi) is 7.93. The number of rotatable bonds is 9. The van der Waals surface area contributed by atoms with Crippen molar-refractivity contribution in [3.05, 3.63) is 29.8 Å². The van der Waals surface area contributed by atoms with Crippen molar-refractivity contribution in [2.24, 2.45) is 10.9 Å². The highest BCUT2D eigenvalue weighted by molar-refractivity contribution is 8.05. The van der Waals surface area contributed by atoms with E-state index in [-0.39, 0.29) is 28.6 Å². The van der Waals surface area contributed by atoms with Gasteiger partial charge in [-0.3, -0.25) is 19.4 Å². The van der Waals surface area contributed by atoms with E-state index in [4.69, 9.17) is 11.5 Å². The molecule has 0 bridgehead atoms. The second kappa shape index (κ2) is 10.8. The molecule has 2 fully saturated rings. The number of carbonyl (C=O) groups is 3. The lowest BCUT2D eigenvalue weighted by molar-refractivity contribution is -0.151. The van der Waals surface area contributed by atoms with E-state index < -0.39 is 39.7 Å². The van der Waals surface area contributed by atoms with Crippen LogP contribution >= 0.6 is 46.8 Å². The zero-order valence-electron chi connectivity index (χ0n) is 18.7. The van der Waals surface area contributed by atoms with Crippen molar-refractivity contribution < 1.29 is 24.7 Å². The van der Waals surface area contributed by atoms with Crippen LogP contribution in [0, 0.1) is 0 Å². The Labute approximate surface area is 222 Å². The Morgan fingerprint density at radius 3 is 2.89 bits per heavy atom. The summed E-state index contributed by atoms with van der Waals surface area (Å²) in [4.78, 5) is 48.3. The summed E-state index contributed by atoms with van der Waals surface area (Å²) in [5.41, 5.74) is 11.6. The van der Waals surface area contributed by atoms with Crippen LogP contribution in [-0.4, -0.2) is 86.9 Å². The molecule has 0 saturated carbocycles. The monoisotopic (exact) mass is 570 g/mol. The molecule has 36 heavy (non-hydrogen) atoms. The van der Waals surface area contributed by atoms with Crippen LogP contribution in [0.5, 0.6) is 0 Å². The van der Waals surface area contributed by atoms with Crippen LogP contribution in [0.2, 0.25) is 0 Å². The number of thioether (sulfide) groups is 3. The lowest BCUT2D eigenvalue weighted by atomic mass is 10.0. The lowest BCUT2D eigenvalue weighted by Gasteiger charge is -2.53. The van der Waals surface area contributed by atoms with Gasteiger partial charge in [-0.25, -0.2) is 0 Å². The summed E-state index contributed by atoms with van der Waals surface area (Å²) in [7, 11) is 0. The van der Waals surface area contributed by atoms with Crippen molar-refractivity contribution in [2.75, 3.05) is 18.0 Å². The summed E-state index contributed by atoms with van der Waals surface area (Å²) in [6, 6.07) is 2.64. The van der Waals surface area contributed by atoms with Crippen LogP contribution in [0.4, 0.5) is 5.13 Å². The fourth-order valence-electron chi connectivity index (χ4n) is 3.56. The van der Waals surface area contributed by atoms with Crippen molar-refractivity contribution in [3.63, 3.8) is 0 Å². The molecule has 4 atom stereocenters. The second-order valence-corrected chi connectivity index (χ2v) is 12.6. The number of nitrogen functional groups attached to an aromatic ring is 1. The molecule has 7 N–H and O–H groups in total. The van der Waals surface area contributed by atoms with Gasteiger partial charge in [-0.05, 0) is 19.1 Å². The first-order valence-electron chi connectivity index (χ1n) is 10.4. The van der Waals surface area contributed by atoms with Gasteiger partial charge in [0.25, 0.3) is 5.91 Å². The van der Waals surface area contributed by atoms with E-state index in [2.05, 4.69) is 24.8 Å². The number of hydrogen-bond acceptors (Lipinski definition) is 14. The number of anilines is 1. The Morgan fingerprint density at radius 1 is 1.47 bits per heavy atom. The third-order valence-corrected chi connectivity index (χ3v) is 9.99. The Bertz CT molecular complexity index is 1210. The number of pyridine rings is 1. The van der Waals surface area contributed by atoms with Gasteiger partial charge in [0.1, 0.15) is 16.2 Å². The average molecular weight is 571 g/mol. The highest BCUT2D eigenvalue weighted by Crippen LogP contribution is 2.47. The van der Waals surface area contributed by atoms with Crippen molar-refractivity contribution in [1.82, 2.24) is 24.6 Å². The van der Waals surface area contributed by atoms with Gasteiger partial charge in [0.05, 0.1) is 5.69 Å². The predicted molar refractivity (Wildman–Crippen MR) is 138 cm³/mol. The normalized spacial score (nSPS) is 24.6. The number of oxime groups is 1. The highest BCUT2D eigenvalue weighted by Gasteiger charge is 2.58. The number of carbonyl (C=O) groups excluding carboxylic acids is 2. The van der Waals surface area contributed by atoms with Gasteiger partial charge in [0, 0.05) is 46.0 Å². The molecule has 2 unspecified atom stereocenters. The van der Waals surface area contributed by atoms with Gasteiger partial charge in [-0.1, -0.05) is 5.16 Å². The SMILES string of the molecule is CC(N)SCc1ncccc1SC1(C(=O)O)CS[C@@H]2[C@H](NC(=O)C(=NO)c3nsc(N)n3)C(=O)N2C1. The van der Waals surface area contributed by atoms with Gasteiger partial charge in [-0.15, -0.1) is 35.3 Å². The molecular weight excluding hydrogens is 549 g/mol. The first-order chi connectivity index (χ1) is 17.1. The van der Waals surface area contributed by atoms with E-state index in [1.165, 1.54) is 40.2 Å². The Hall–Kier alpha value is -2.60. The maximum atomic E-state index is 12.9. The highest BCUT2D eigenvalue weighted by atomic mass is 32.2. The molecule has 2 amide bonds. The summed E-state index contributed by atoms with van der Waals surface area (Å²) in [5.74, 6) is -1.77. The number of β-lactam (4-membered cyclic amide) rings is 1. The molecular formula is C19H22N8O5S4. The number of carboxylic acids is 1. The molecule has 0 aliphatic carbocycles. The van der Waals surface area contributed by atoms with Crippen LogP contribution in [-0.2, 0) is 20.1 Å². The molecule has 2 aliphatic heterocycles. The number of nitrogens with two attached hydrogens (primary N) is 2. The maximum Gasteiger partial charge on any atom is 0.322 e. The molecule has 0 aromatic carbocycles. The number of hydrogen-bond donors (Lipinski definition) is 5. The molecule has 2 aromatic rings. The second-order valence-electron chi connectivity index (χ2n) is 7.89. The predicted octanol–water partition coefficient (Wildman–Crippen LogP) is 0.247. The third kappa shape index (κ3) is 5.24. The Morgan fingerprint density at radius 2 is 2.25 bits per heavy atom. The van der Waals surface area contributed by atoms with E-state index in [0.29, 0.717) is 10.6 Å². The van der Waals surface area contributed by atoms with Crippen LogP contribution in [0.3, 0.4) is 0 Å². The summed E-state index contributed by atoms with van der Waals surface area (Å²) in [6.07, 6.45) is 1.64. The minimum Gasteiger partial charge on any atom is -0.480 e. The molecule has 0 spiro atoms. The van der Waals surface area contributed by atoms with Crippen LogP contribution in [0.25, 0.3) is 0 Å². The molecule has 4 heterocycles. The smallest absolute Gasteiger partial charge is 0.322 e. The standard InChI is InChI=1S/C19H22N8O5S4/c1-8(20)33-5-9-10(3-2-4-22-9)35-19(17(30)31)6-27-15(29)12(16(27)34-7-19)23-14(28)11(25-32)13-24-18(21)36-26-13/h2-4,8,12,16,32H,5-7,20H2,1H3,(H,23,28)(H,30,31)(H2,21,24,26)/t8?,12-,16-,19?/m1/s1. The number of carboxylic acid groups (broad SMARTS) is 1. The van der Waals surface area contributed by atoms with E-state index >= 15 is 0 Å². The van der Waals surface area contributed by atoms with Crippen molar-refractivity contribution in [2.45, 2.75) is 39.1 Å². The lowest BCUT2D eigenvalue weighted by Crippen LogP contribution is -2.74. The van der Waals surface area contributed by atoms with Crippen LogP contribution in [0.1, 0.15) is 18.4 Å². The van der Waals surface area contributed by atoms with Crippen LogP contribution < -0.4 is 16.8 Å². The number of aromatic nitrogens is 3. The number of nitrogens with one attached hydrogen (secondary N) is 1. The number of fused-ring (bicyclic) bond motifs is 1. The Balaban J connectivity index is 1.46. The van der Waals surface area contributed by atoms with Gasteiger partial charge in [0.15, 0.2) is 5.13 Å². The summed E-state index contributed by atoms with van der Waals surface area (Å²) >= 11 is 4.74. The minimum atomic E-state index is -1.30. The van der Waals surface area contributed by atoms with E-state index in [0.717, 1.165) is 17.2 Å². The van der Waals surface area contributed by atoms with Gasteiger partial charge in [0.2, 0.25) is 17.4 Å². The molecule has 2 aromatic heterocycles. The molecule has 2 saturated heterocycles. The van der Waals surface area contributed by atoms with Crippen molar-refractivity contribution in [1.29, 1.82) is 0 Å². The summed E-state index contributed by atoms with van der Waals surface area (Å²) in [5, 5.41) is 24.4. The van der Waals surface area contributed by atoms with Crippen molar-refractivity contribution in [3.8, 4) is 0 Å². The third-order valence-electron chi connectivity index (χ3n) is 5.34. The van der Waals surface area contributed by atoms with E-state index in [1.54, 1.807) is 12.3 Å². The average Bonchev–Trinajstić information content (AvgIpc) is 3.27. The van der Waals surface area contributed by atoms with Gasteiger partial charge >= 0.3 is 5.97 Å². The molecule has 2 aliphatic rings. The maximum absolute atomic E-state index is 12.9. The topological polar surface area (TPSA) is 210 Å². The van der Waals surface area contributed by atoms with Crippen molar-refractivity contribution >= 4 is 75.4 Å². The largest absolute Gasteiger partial charge is 0.480 e. The first-order valence-corrected chi connectivity index (χ1v) is 14.1. The summed E-state index contributed by atoms with van der Waals surface area (Å²) < 4.78 is 2.54. The number of aliphatic carboxylic acids is 1. The van der Waals surface area contributed by atoms with Gasteiger partial charge < -0.3 is 32.0 Å². The fraction of sp³-hybridized carbons (Fsp3) is 0.421. The zero-order valence-corrected chi connectivity index (χ0v) is 22.0. The first kappa shape index (κ1) is 26.5. The van der Waals surface area contributed by atoms with Gasteiger partial charge in [-0.2, -0.15) is 9.36 Å². The minimum absolute atomic E-state index is 0.0459. The molecule has 13 nitrogen and oxygen atoms in total. The molecule has 192 valence electrons. The quantitative estimate of drug-likeness (QED) is 0.0901.